The van der Waals surface area contributed by atoms with Gasteiger partial charge in [-0.25, -0.2) is 4.79 Å². The number of carboxylic acid groups (broad SMARTS) is 4. The van der Waals surface area contributed by atoms with E-state index in [2.05, 4.69) is 10.3 Å². The quantitative estimate of drug-likeness (QED) is 0.0453. The van der Waals surface area contributed by atoms with Crippen LogP contribution < -0.4 is 33.2 Å². The number of rotatable bonds is 18. The molecule has 18 nitrogen and oxygen atoms in total. The van der Waals surface area contributed by atoms with Gasteiger partial charge < -0.3 is 53.6 Å². The van der Waals surface area contributed by atoms with Crippen LogP contribution in [0.4, 0.5) is 0 Å². The van der Waals surface area contributed by atoms with Crippen molar-refractivity contribution < 1.29 is 54.0 Å². The van der Waals surface area contributed by atoms with Crippen molar-refractivity contribution >= 4 is 47.6 Å². The zero-order valence-electron chi connectivity index (χ0n) is 19.6. The van der Waals surface area contributed by atoms with Gasteiger partial charge in [-0.05, 0) is 19.3 Å². The Morgan fingerprint density at radius 1 is 0.676 bits per heavy atom. The molecule has 0 bridgehead atoms. The van der Waals surface area contributed by atoms with E-state index in [1.807, 2.05) is 10.6 Å². The van der Waals surface area contributed by atoms with Crippen LogP contribution >= 0.6 is 0 Å². The lowest BCUT2D eigenvalue weighted by molar-refractivity contribution is -0.145. The summed E-state index contributed by atoms with van der Waals surface area (Å²) in [4.78, 5) is 85.6. The maximum Gasteiger partial charge on any atom is 0.326 e. The van der Waals surface area contributed by atoms with Gasteiger partial charge in [0.1, 0.15) is 18.1 Å². The Hall–Kier alpha value is -4.48. The van der Waals surface area contributed by atoms with Gasteiger partial charge in [0.05, 0.1) is 18.9 Å². The molecule has 0 aliphatic heterocycles. The number of guanidine groups is 1. The van der Waals surface area contributed by atoms with Gasteiger partial charge in [-0.2, -0.15) is 0 Å². The summed E-state index contributed by atoms with van der Waals surface area (Å²) < 4.78 is 0. The number of aliphatic carboxylic acids is 4. The summed E-state index contributed by atoms with van der Waals surface area (Å²) in [5, 5.41) is 42.0. The highest BCUT2D eigenvalue weighted by Gasteiger charge is 2.32. The van der Waals surface area contributed by atoms with E-state index in [9.17, 15) is 33.6 Å². The molecule has 208 valence electrons. The molecule has 0 aliphatic rings. The summed E-state index contributed by atoms with van der Waals surface area (Å²) in [6.07, 6.45) is -2.84. The van der Waals surface area contributed by atoms with Crippen LogP contribution in [0.5, 0.6) is 0 Å². The number of hydrogen-bond donors (Lipinski definition) is 10. The molecule has 0 aliphatic carbocycles. The van der Waals surface area contributed by atoms with E-state index in [0.717, 1.165) is 0 Å². The Bertz CT molecular complexity index is 905. The molecule has 4 atom stereocenters. The third-order valence-electron chi connectivity index (χ3n) is 4.59. The van der Waals surface area contributed by atoms with Crippen LogP contribution in [0.15, 0.2) is 4.99 Å². The molecule has 37 heavy (non-hydrogen) atoms. The third kappa shape index (κ3) is 14.5. The number of carbonyl (C=O) groups is 7. The van der Waals surface area contributed by atoms with Crippen LogP contribution in [0, 0.1) is 0 Å². The van der Waals surface area contributed by atoms with E-state index in [1.165, 1.54) is 0 Å². The fourth-order valence-corrected chi connectivity index (χ4v) is 2.77. The molecule has 0 radical (unpaired) electrons. The van der Waals surface area contributed by atoms with Gasteiger partial charge >= 0.3 is 23.9 Å². The summed E-state index contributed by atoms with van der Waals surface area (Å²) in [6.45, 7) is 0.151. The second-order valence-electron chi connectivity index (χ2n) is 7.71. The van der Waals surface area contributed by atoms with E-state index >= 15 is 0 Å². The van der Waals surface area contributed by atoms with E-state index in [1.54, 1.807) is 0 Å². The number of aliphatic imine (C=N–C) groups is 1. The van der Waals surface area contributed by atoms with Crippen molar-refractivity contribution in [3.63, 3.8) is 0 Å². The smallest absolute Gasteiger partial charge is 0.326 e. The maximum atomic E-state index is 12.7. The van der Waals surface area contributed by atoms with Crippen molar-refractivity contribution in [2.24, 2.45) is 22.2 Å². The first-order valence-corrected chi connectivity index (χ1v) is 10.7. The van der Waals surface area contributed by atoms with Crippen LogP contribution in [0.2, 0.25) is 0 Å². The number of nitrogens with zero attached hydrogens (tertiary/aromatic N) is 1. The minimum atomic E-state index is -1.89. The van der Waals surface area contributed by atoms with Crippen molar-refractivity contribution in [1.82, 2.24) is 16.0 Å². The highest BCUT2D eigenvalue weighted by Crippen LogP contribution is 2.04. The molecular formula is C19H31N7O11. The second kappa shape index (κ2) is 16.2. The van der Waals surface area contributed by atoms with Crippen molar-refractivity contribution in [1.29, 1.82) is 0 Å². The molecule has 0 fully saturated rings. The molecule has 0 aromatic heterocycles. The molecule has 0 rings (SSSR count). The Kier molecular flexibility index (Phi) is 14.3. The van der Waals surface area contributed by atoms with E-state index in [-0.39, 0.29) is 25.3 Å². The molecule has 3 amide bonds. The Morgan fingerprint density at radius 3 is 1.54 bits per heavy atom. The summed E-state index contributed by atoms with van der Waals surface area (Å²) in [7, 11) is 0. The molecule has 0 spiro atoms. The normalized spacial score (nSPS) is 13.6. The monoisotopic (exact) mass is 533 g/mol. The lowest BCUT2D eigenvalue weighted by atomic mass is 10.1. The number of carboxylic acids is 4. The Morgan fingerprint density at radius 2 is 1.14 bits per heavy atom. The van der Waals surface area contributed by atoms with Crippen LogP contribution in [-0.4, -0.2) is 98.7 Å². The molecule has 18 heteroatoms. The molecule has 0 aromatic carbocycles. The second-order valence-corrected chi connectivity index (χ2v) is 7.71. The molecule has 4 unspecified atom stereocenters. The summed E-state index contributed by atoms with van der Waals surface area (Å²) in [6, 6.07) is -6.58. The van der Waals surface area contributed by atoms with E-state index < -0.39 is 91.4 Å². The number of hydrogen-bond acceptors (Lipinski definition) is 9. The first kappa shape index (κ1) is 32.5. The summed E-state index contributed by atoms with van der Waals surface area (Å²) in [5.41, 5.74) is 16.1. The molecule has 0 heterocycles. The number of nitrogens with two attached hydrogens (primary N) is 3. The lowest BCUT2D eigenvalue weighted by Gasteiger charge is -2.24. The van der Waals surface area contributed by atoms with Crippen LogP contribution in [0.3, 0.4) is 0 Å². The van der Waals surface area contributed by atoms with Gasteiger partial charge in [0.2, 0.25) is 17.7 Å². The average molecular weight is 533 g/mol. The van der Waals surface area contributed by atoms with Crippen molar-refractivity contribution in [2.45, 2.75) is 62.7 Å². The molecular weight excluding hydrogens is 502 g/mol. The highest BCUT2D eigenvalue weighted by molar-refractivity contribution is 5.96. The van der Waals surface area contributed by atoms with Crippen molar-refractivity contribution in [3.05, 3.63) is 0 Å². The standard InChI is InChI=1S/C19H31N7O11/c20-8(2-1-5-23-19(21)22)15(33)25-10(6-13(29)30)17(35)26-11(7-14(31)32)16(34)24-9(18(36)37)3-4-12(27)28/h8-11H,1-7,20H2,(H,24,34)(H,25,33)(H,26,35)(H,27,28)(H,29,30)(H,31,32)(H,36,37)(H4,21,22,23). The van der Waals surface area contributed by atoms with Crippen molar-refractivity contribution in [2.75, 3.05) is 6.54 Å². The van der Waals surface area contributed by atoms with Gasteiger partial charge in [0.25, 0.3) is 0 Å². The SMILES string of the molecule is NC(N)=NCCCC(N)C(=O)NC(CC(=O)O)C(=O)NC(CC(=O)O)C(=O)NC(CCC(=O)O)C(=O)O. The van der Waals surface area contributed by atoms with Crippen LogP contribution in [-0.2, 0) is 33.6 Å². The first-order chi connectivity index (χ1) is 17.1. The fourth-order valence-electron chi connectivity index (χ4n) is 2.77. The number of carbonyl (C=O) groups excluding carboxylic acids is 3. The summed E-state index contributed by atoms with van der Waals surface area (Å²) >= 11 is 0. The van der Waals surface area contributed by atoms with Gasteiger partial charge in [0, 0.05) is 13.0 Å². The maximum absolute atomic E-state index is 12.7. The third-order valence-corrected chi connectivity index (χ3v) is 4.59. The van der Waals surface area contributed by atoms with Gasteiger partial charge in [-0.3, -0.25) is 33.8 Å². The van der Waals surface area contributed by atoms with Crippen molar-refractivity contribution in [3.8, 4) is 0 Å². The first-order valence-electron chi connectivity index (χ1n) is 10.7. The van der Waals surface area contributed by atoms with Gasteiger partial charge in [-0.1, -0.05) is 0 Å². The molecule has 0 saturated carbocycles. The minimum absolute atomic E-state index is 0.0565. The zero-order valence-corrected chi connectivity index (χ0v) is 19.6. The Balaban J connectivity index is 5.46. The molecule has 0 aromatic rings. The van der Waals surface area contributed by atoms with E-state index in [4.69, 9.17) is 37.6 Å². The number of nitrogens with one attached hydrogen (secondary N) is 3. The van der Waals surface area contributed by atoms with Gasteiger partial charge in [-0.15, -0.1) is 0 Å². The molecule has 0 saturated heterocycles. The largest absolute Gasteiger partial charge is 0.481 e. The van der Waals surface area contributed by atoms with Crippen LogP contribution in [0.1, 0.15) is 38.5 Å². The fraction of sp³-hybridized carbons (Fsp3) is 0.579. The summed E-state index contributed by atoms with van der Waals surface area (Å²) in [5.74, 6) is -9.72. The topological polar surface area (TPSA) is 327 Å². The number of amides is 3. The predicted octanol–water partition coefficient (Wildman–Crippen LogP) is -4.28. The van der Waals surface area contributed by atoms with Gasteiger partial charge in [0.15, 0.2) is 5.96 Å². The zero-order chi connectivity index (χ0) is 28.7. The predicted molar refractivity (Wildman–Crippen MR) is 123 cm³/mol. The molecule has 13 N–H and O–H groups in total. The lowest BCUT2D eigenvalue weighted by Crippen LogP contribution is -2.57. The van der Waals surface area contributed by atoms with Crippen LogP contribution in [0.25, 0.3) is 0 Å². The van der Waals surface area contributed by atoms with E-state index in [0.29, 0.717) is 0 Å². The minimum Gasteiger partial charge on any atom is -0.481 e. The highest BCUT2D eigenvalue weighted by atomic mass is 16.4. The Labute approximate surface area is 209 Å². The average Bonchev–Trinajstić information content (AvgIpc) is 2.76.